The van der Waals surface area contributed by atoms with Gasteiger partial charge in [0.1, 0.15) is 0 Å². The van der Waals surface area contributed by atoms with E-state index >= 15 is 0 Å². The fourth-order valence-corrected chi connectivity index (χ4v) is 3.07. The smallest absolute Gasteiger partial charge is 0.0366 e. The van der Waals surface area contributed by atoms with Gasteiger partial charge in [-0.05, 0) is 55.9 Å². The average molecular weight is 266 g/mol. The van der Waals surface area contributed by atoms with Crippen LogP contribution >= 0.6 is 0 Å². The quantitative estimate of drug-likeness (QED) is 0.839. The maximum absolute atomic E-state index is 4.22. The Morgan fingerprint density at radius 3 is 2.80 bits per heavy atom. The van der Waals surface area contributed by atoms with Crippen molar-refractivity contribution in [2.45, 2.75) is 26.2 Å². The highest BCUT2D eigenvalue weighted by Gasteiger charge is 2.20. The van der Waals surface area contributed by atoms with Crippen LogP contribution in [0.5, 0.6) is 0 Å². The molecule has 1 aromatic carbocycles. The van der Waals surface area contributed by atoms with Gasteiger partial charge in [-0.1, -0.05) is 23.8 Å². The van der Waals surface area contributed by atoms with Crippen LogP contribution in [0.3, 0.4) is 0 Å². The molecule has 104 valence electrons. The summed E-state index contributed by atoms with van der Waals surface area (Å²) in [4.78, 5) is 6.76. The zero-order valence-corrected chi connectivity index (χ0v) is 12.1. The summed E-state index contributed by atoms with van der Waals surface area (Å²) < 4.78 is 0. The molecule has 0 N–H and O–H groups in total. The van der Waals surface area contributed by atoms with Gasteiger partial charge in [0.2, 0.25) is 0 Å². The predicted octanol–water partition coefficient (Wildman–Crippen LogP) is 3.85. The molecule has 1 unspecified atom stereocenters. The molecule has 0 saturated carbocycles. The van der Waals surface area contributed by atoms with E-state index in [1.165, 1.54) is 36.2 Å². The van der Waals surface area contributed by atoms with Gasteiger partial charge in [-0.2, -0.15) is 0 Å². The molecule has 1 aliphatic heterocycles. The summed E-state index contributed by atoms with van der Waals surface area (Å²) in [6.45, 7) is 4.50. The molecular weight excluding hydrogens is 244 g/mol. The summed E-state index contributed by atoms with van der Waals surface area (Å²) in [5, 5.41) is 0. The summed E-state index contributed by atoms with van der Waals surface area (Å²) in [7, 11) is 0. The number of benzene rings is 1. The number of hydrogen-bond donors (Lipinski definition) is 0. The van der Waals surface area contributed by atoms with Gasteiger partial charge >= 0.3 is 0 Å². The van der Waals surface area contributed by atoms with Crippen LogP contribution in [0.15, 0.2) is 48.8 Å². The molecule has 1 aromatic heterocycles. The van der Waals surface area contributed by atoms with E-state index in [-0.39, 0.29) is 0 Å². The van der Waals surface area contributed by atoms with E-state index in [9.17, 15) is 0 Å². The van der Waals surface area contributed by atoms with Gasteiger partial charge in [0.25, 0.3) is 0 Å². The van der Waals surface area contributed by atoms with Gasteiger partial charge in [-0.25, -0.2) is 0 Å². The first kappa shape index (κ1) is 13.2. The summed E-state index contributed by atoms with van der Waals surface area (Å²) in [5.74, 6) is 0.745. The van der Waals surface area contributed by atoms with Gasteiger partial charge in [0.05, 0.1) is 0 Å². The summed E-state index contributed by atoms with van der Waals surface area (Å²) in [6.07, 6.45) is 7.63. The Balaban J connectivity index is 1.66. The number of nitrogens with zero attached hydrogens (tertiary/aromatic N) is 2. The molecule has 3 rings (SSSR count). The molecule has 0 spiro atoms. The van der Waals surface area contributed by atoms with Gasteiger partial charge in [-0.3, -0.25) is 4.98 Å². The largest absolute Gasteiger partial charge is 0.371 e. The summed E-state index contributed by atoms with van der Waals surface area (Å²) in [6, 6.07) is 13.2. The minimum Gasteiger partial charge on any atom is -0.371 e. The van der Waals surface area contributed by atoms with Crippen LogP contribution in [0, 0.1) is 12.8 Å². The summed E-state index contributed by atoms with van der Waals surface area (Å²) in [5.41, 5.74) is 4.06. The first-order chi connectivity index (χ1) is 9.81. The molecule has 1 saturated heterocycles. The third-order valence-electron chi connectivity index (χ3n) is 4.17. The number of pyridine rings is 1. The lowest BCUT2D eigenvalue weighted by Gasteiger charge is -2.34. The molecular formula is C18H22N2. The van der Waals surface area contributed by atoms with Gasteiger partial charge in [-0.15, -0.1) is 0 Å². The number of anilines is 1. The van der Waals surface area contributed by atoms with E-state index in [1.54, 1.807) is 0 Å². The number of hydrogen-bond acceptors (Lipinski definition) is 2. The van der Waals surface area contributed by atoms with E-state index in [4.69, 9.17) is 0 Å². The Kier molecular flexibility index (Phi) is 4.00. The second-order valence-electron chi connectivity index (χ2n) is 5.86. The van der Waals surface area contributed by atoms with E-state index < -0.39 is 0 Å². The fraction of sp³-hybridized carbons (Fsp3) is 0.389. The van der Waals surface area contributed by atoms with E-state index in [1.807, 2.05) is 18.5 Å². The average Bonchev–Trinajstić information content (AvgIpc) is 2.49. The van der Waals surface area contributed by atoms with Gasteiger partial charge in [0, 0.05) is 31.2 Å². The fourth-order valence-electron chi connectivity index (χ4n) is 3.07. The van der Waals surface area contributed by atoms with Crippen LogP contribution in [0.4, 0.5) is 5.69 Å². The van der Waals surface area contributed by atoms with Gasteiger partial charge < -0.3 is 4.90 Å². The Morgan fingerprint density at radius 2 is 2.05 bits per heavy atom. The monoisotopic (exact) mass is 266 g/mol. The van der Waals surface area contributed by atoms with E-state index in [2.05, 4.69) is 47.1 Å². The van der Waals surface area contributed by atoms with Crippen molar-refractivity contribution in [3.05, 3.63) is 59.9 Å². The predicted molar refractivity (Wildman–Crippen MR) is 84.1 cm³/mol. The third-order valence-corrected chi connectivity index (χ3v) is 4.17. The van der Waals surface area contributed by atoms with E-state index in [0.717, 1.165) is 18.9 Å². The second kappa shape index (κ2) is 6.08. The van der Waals surface area contributed by atoms with E-state index in [0.29, 0.717) is 0 Å². The first-order valence-electron chi connectivity index (χ1n) is 7.52. The Hall–Kier alpha value is -1.83. The molecule has 2 aromatic rings. The van der Waals surface area contributed by atoms with Crippen LogP contribution in [0.2, 0.25) is 0 Å². The van der Waals surface area contributed by atoms with Crippen molar-refractivity contribution < 1.29 is 0 Å². The minimum absolute atomic E-state index is 0.745. The molecule has 2 heteroatoms. The highest BCUT2D eigenvalue weighted by Crippen LogP contribution is 2.25. The lowest BCUT2D eigenvalue weighted by Crippen LogP contribution is -2.36. The van der Waals surface area contributed by atoms with Crippen molar-refractivity contribution >= 4 is 5.69 Å². The molecule has 1 atom stereocenters. The highest BCUT2D eigenvalue weighted by atomic mass is 15.1. The number of rotatable bonds is 3. The third kappa shape index (κ3) is 3.19. The van der Waals surface area contributed by atoms with Crippen LogP contribution < -0.4 is 4.90 Å². The molecule has 20 heavy (non-hydrogen) atoms. The minimum atomic E-state index is 0.745. The number of aromatic nitrogens is 1. The van der Waals surface area contributed by atoms with Crippen LogP contribution in [-0.4, -0.2) is 18.1 Å². The number of aryl methyl sites for hydroxylation is 1. The number of piperidine rings is 1. The zero-order valence-electron chi connectivity index (χ0n) is 12.1. The maximum atomic E-state index is 4.22. The lowest BCUT2D eigenvalue weighted by molar-refractivity contribution is 0.413. The second-order valence-corrected chi connectivity index (χ2v) is 5.86. The molecule has 0 radical (unpaired) electrons. The molecule has 2 nitrogen and oxygen atoms in total. The van der Waals surface area contributed by atoms with Crippen molar-refractivity contribution in [2.75, 3.05) is 18.0 Å². The van der Waals surface area contributed by atoms with Crippen molar-refractivity contribution in [1.29, 1.82) is 0 Å². The Labute approximate surface area is 121 Å². The van der Waals surface area contributed by atoms with Crippen molar-refractivity contribution in [3.8, 4) is 0 Å². The SMILES string of the molecule is Cc1ccc(N2CCCC(Cc3cccnc3)C2)cc1. The van der Waals surface area contributed by atoms with Gasteiger partial charge in [0.15, 0.2) is 0 Å². The summed E-state index contributed by atoms with van der Waals surface area (Å²) >= 11 is 0. The zero-order chi connectivity index (χ0) is 13.8. The molecule has 1 fully saturated rings. The topological polar surface area (TPSA) is 16.1 Å². The molecule has 0 amide bonds. The molecule has 1 aliphatic rings. The highest BCUT2D eigenvalue weighted by molar-refractivity contribution is 5.47. The van der Waals surface area contributed by atoms with Crippen molar-refractivity contribution in [1.82, 2.24) is 4.98 Å². The van der Waals surface area contributed by atoms with Crippen LogP contribution in [0.1, 0.15) is 24.0 Å². The molecule has 0 bridgehead atoms. The first-order valence-corrected chi connectivity index (χ1v) is 7.52. The van der Waals surface area contributed by atoms with Crippen LogP contribution in [0.25, 0.3) is 0 Å². The maximum Gasteiger partial charge on any atom is 0.0366 e. The Bertz CT molecular complexity index is 533. The molecule has 2 heterocycles. The van der Waals surface area contributed by atoms with Crippen LogP contribution in [-0.2, 0) is 6.42 Å². The normalized spacial score (nSPS) is 19.1. The Morgan fingerprint density at radius 1 is 1.20 bits per heavy atom. The van der Waals surface area contributed by atoms with Crippen molar-refractivity contribution in [2.24, 2.45) is 5.92 Å². The lowest BCUT2D eigenvalue weighted by atomic mass is 9.91. The molecule has 0 aliphatic carbocycles. The standard InChI is InChI=1S/C18H22N2/c1-15-6-8-18(9-7-15)20-11-3-5-17(14-20)12-16-4-2-10-19-13-16/h2,4,6-10,13,17H,3,5,11-12,14H2,1H3. The van der Waals surface area contributed by atoms with Crippen molar-refractivity contribution in [3.63, 3.8) is 0 Å².